The van der Waals surface area contributed by atoms with Gasteiger partial charge in [0.1, 0.15) is 0 Å². The Morgan fingerprint density at radius 1 is 1.35 bits per heavy atom. The lowest BCUT2D eigenvalue weighted by Gasteiger charge is -2.18. The van der Waals surface area contributed by atoms with Crippen molar-refractivity contribution in [2.45, 2.75) is 32.4 Å². The number of aliphatic hydroxyl groups excluding tert-OH is 1. The molecule has 5 nitrogen and oxygen atoms in total. The Kier molecular flexibility index (Phi) is 4.24. The molecule has 17 heavy (non-hydrogen) atoms. The predicted octanol–water partition coefficient (Wildman–Crippen LogP) is 0.898. The lowest BCUT2D eigenvalue weighted by Crippen LogP contribution is -2.32. The molecule has 96 valence electrons. The van der Waals surface area contributed by atoms with Crippen LogP contribution in [0.15, 0.2) is 23.4 Å². The maximum Gasteiger partial charge on any atom is 0.258 e. The van der Waals surface area contributed by atoms with Crippen LogP contribution in [0.25, 0.3) is 0 Å². The van der Waals surface area contributed by atoms with E-state index >= 15 is 0 Å². The van der Waals surface area contributed by atoms with Crippen LogP contribution in [0.4, 0.5) is 0 Å². The first-order valence-electron chi connectivity index (χ1n) is 5.30. The van der Waals surface area contributed by atoms with E-state index in [9.17, 15) is 8.42 Å². The summed E-state index contributed by atoms with van der Waals surface area (Å²) in [6.07, 6.45) is 1.35. The Morgan fingerprint density at radius 3 is 2.41 bits per heavy atom. The van der Waals surface area contributed by atoms with E-state index in [1.54, 1.807) is 6.07 Å². The van der Waals surface area contributed by atoms with Crippen molar-refractivity contribution in [3.8, 4) is 0 Å². The highest BCUT2D eigenvalue weighted by Crippen LogP contribution is 2.13. The Hall–Kier alpha value is -0.980. The van der Waals surface area contributed by atoms with Crippen molar-refractivity contribution in [1.82, 2.24) is 9.71 Å². The van der Waals surface area contributed by atoms with E-state index in [4.69, 9.17) is 5.11 Å². The first kappa shape index (κ1) is 14.1. The van der Waals surface area contributed by atoms with E-state index in [0.29, 0.717) is 12.1 Å². The van der Waals surface area contributed by atoms with E-state index in [2.05, 4.69) is 9.71 Å². The average molecular weight is 258 g/mol. The molecule has 1 heterocycles. The standard InChI is InChI=1S/C11H18N2O3S/c1-11(2,3)8-13-17(15,16)10-5-4-9(7-14)6-12-10/h4-6,13-14H,7-8H2,1-3H3. The molecule has 0 amide bonds. The third-order valence-electron chi connectivity index (χ3n) is 2.05. The van der Waals surface area contributed by atoms with Gasteiger partial charge in [-0.1, -0.05) is 26.8 Å². The second-order valence-electron chi connectivity index (χ2n) is 5.05. The Labute approximate surface area is 102 Å². The van der Waals surface area contributed by atoms with Crippen LogP contribution in [0.1, 0.15) is 26.3 Å². The molecule has 2 N–H and O–H groups in total. The summed E-state index contributed by atoms with van der Waals surface area (Å²) in [4.78, 5) is 3.81. The van der Waals surface area contributed by atoms with Crippen LogP contribution < -0.4 is 4.72 Å². The largest absolute Gasteiger partial charge is 0.392 e. The number of rotatable bonds is 4. The maximum atomic E-state index is 11.8. The summed E-state index contributed by atoms with van der Waals surface area (Å²) in [6, 6.07) is 2.93. The van der Waals surface area contributed by atoms with Gasteiger partial charge in [0.15, 0.2) is 5.03 Å². The number of pyridine rings is 1. The van der Waals surface area contributed by atoms with Crippen molar-refractivity contribution in [2.75, 3.05) is 6.54 Å². The first-order chi connectivity index (χ1) is 7.74. The summed E-state index contributed by atoms with van der Waals surface area (Å²) in [5.74, 6) is 0. The van der Waals surface area contributed by atoms with Crippen molar-refractivity contribution < 1.29 is 13.5 Å². The van der Waals surface area contributed by atoms with Crippen LogP contribution in [-0.2, 0) is 16.6 Å². The molecule has 0 saturated heterocycles. The Bertz CT molecular complexity index is 460. The molecule has 1 aromatic heterocycles. The van der Waals surface area contributed by atoms with Gasteiger partial charge in [-0.3, -0.25) is 0 Å². The number of hydrogen-bond donors (Lipinski definition) is 2. The minimum Gasteiger partial charge on any atom is -0.392 e. The summed E-state index contributed by atoms with van der Waals surface area (Å²) >= 11 is 0. The number of sulfonamides is 1. The van der Waals surface area contributed by atoms with E-state index in [-0.39, 0.29) is 17.0 Å². The number of nitrogens with zero attached hydrogens (tertiary/aromatic N) is 1. The molecule has 0 bridgehead atoms. The quantitative estimate of drug-likeness (QED) is 0.841. The molecule has 0 aliphatic heterocycles. The van der Waals surface area contributed by atoms with E-state index in [1.165, 1.54) is 12.3 Å². The summed E-state index contributed by atoms with van der Waals surface area (Å²) in [5, 5.41) is 8.81. The third kappa shape index (κ3) is 4.41. The van der Waals surface area contributed by atoms with Gasteiger partial charge in [-0.05, 0) is 17.0 Å². The van der Waals surface area contributed by atoms with Crippen LogP contribution in [0.3, 0.4) is 0 Å². The number of hydrogen-bond acceptors (Lipinski definition) is 4. The van der Waals surface area contributed by atoms with Crippen molar-refractivity contribution in [2.24, 2.45) is 5.41 Å². The maximum absolute atomic E-state index is 11.8. The fraction of sp³-hybridized carbons (Fsp3) is 0.545. The van der Waals surface area contributed by atoms with Crippen molar-refractivity contribution in [1.29, 1.82) is 0 Å². The molecule has 0 radical (unpaired) electrons. The molecule has 0 aliphatic rings. The second-order valence-corrected chi connectivity index (χ2v) is 6.76. The Morgan fingerprint density at radius 2 is 2.00 bits per heavy atom. The molecule has 0 spiro atoms. The monoisotopic (exact) mass is 258 g/mol. The lowest BCUT2D eigenvalue weighted by molar-refractivity contribution is 0.281. The second kappa shape index (κ2) is 5.12. The SMILES string of the molecule is CC(C)(C)CNS(=O)(=O)c1ccc(CO)cn1. The van der Waals surface area contributed by atoms with Gasteiger partial charge in [-0.25, -0.2) is 18.1 Å². The van der Waals surface area contributed by atoms with E-state index < -0.39 is 10.0 Å². The zero-order chi connectivity index (χ0) is 13.1. The summed E-state index contributed by atoms with van der Waals surface area (Å²) in [6.45, 7) is 6.02. The molecular weight excluding hydrogens is 240 g/mol. The van der Waals surface area contributed by atoms with Gasteiger partial charge in [0.2, 0.25) is 0 Å². The molecule has 0 fully saturated rings. The van der Waals surface area contributed by atoms with Gasteiger partial charge in [0, 0.05) is 12.7 Å². The van der Waals surface area contributed by atoms with Gasteiger partial charge in [0.25, 0.3) is 10.0 Å². The summed E-state index contributed by atoms with van der Waals surface area (Å²) < 4.78 is 26.2. The molecule has 1 rings (SSSR count). The highest BCUT2D eigenvalue weighted by molar-refractivity contribution is 7.89. The fourth-order valence-electron chi connectivity index (χ4n) is 1.05. The molecule has 0 aliphatic carbocycles. The molecule has 0 aromatic carbocycles. The lowest BCUT2D eigenvalue weighted by atomic mass is 9.98. The summed E-state index contributed by atoms with van der Waals surface area (Å²) in [7, 11) is -3.56. The number of aromatic nitrogens is 1. The van der Waals surface area contributed by atoms with Gasteiger partial charge < -0.3 is 5.11 Å². The zero-order valence-corrected chi connectivity index (χ0v) is 11.1. The van der Waals surface area contributed by atoms with Crippen LogP contribution in [0.2, 0.25) is 0 Å². The molecule has 0 saturated carbocycles. The Balaban J connectivity index is 2.82. The van der Waals surface area contributed by atoms with E-state index in [0.717, 1.165) is 0 Å². The van der Waals surface area contributed by atoms with Crippen molar-refractivity contribution >= 4 is 10.0 Å². The smallest absolute Gasteiger partial charge is 0.258 e. The molecule has 0 atom stereocenters. The summed E-state index contributed by atoms with van der Waals surface area (Å²) in [5.41, 5.74) is 0.456. The minimum absolute atomic E-state index is 0.0287. The third-order valence-corrected chi connectivity index (χ3v) is 3.36. The molecule has 1 aromatic rings. The number of aliphatic hydroxyl groups is 1. The highest BCUT2D eigenvalue weighted by atomic mass is 32.2. The normalized spacial score (nSPS) is 12.7. The topological polar surface area (TPSA) is 79.3 Å². The van der Waals surface area contributed by atoms with Crippen LogP contribution in [0.5, 0.6) is 0 Å². The van der Waals surface area contributed by atoms with Gasteiger partial charge in [-0.15, -0.1) is 0 Å². The highest BCUT2D eigenvalue weighted by Gasteiger charge is 2.19. The van der Waals surface area contributed by atoms with Gasteiger partial charge >= 0.3 is 0 Å². The van der Waals surface area contributed by atoms with Crippen LogP contribution in [0, 0.1) is 5.41 Å². The molecule has 6 heteroatoms. The van der Waals surface area contributed by atoms with Gasteiger partial charge in [0.05, 0.1) is 6.61 Å². The van der Waals surface area contributed by atoms with Gasteiger partial charge in [-0.2, -0.15) is 0 Å². The average Bonchev–Trinajstić information content (AvgIpc) is 2.26. The van der Waals surface area contributed by atoms with Crippen molar-refractivity contribution in [3.63, 3.8) is 0 Å². The van der Waals surface area contributed by atoms with Crippen LogP contribution in [-0.4, -0.2) is 25.1 Å². The van der Waals surface area contributed by atoms with Crippen LogP contribution >= 0.6 is 0 Å². The fourth-order valence-corrected chi connectivity index (χ4v) is 2.26. The molecule has 0 unspecified atom stereocenters. The zero-order valence-electron chi connectivity index (χ0n) is 10.3. The number of nitrogens with one attached hydrogen (secondary N) is 1. The minimum atomic E-state index is -3.56. The molecular formula is C11H18N2O3S. The predicted molar refractivity (Wildman–Crippen MR) is 64.8 cm³/mol. The van der Waals surface area contributed by atoms with E-state index in [1.807, 2.05) is 20.8 Å². The van der Waals surface area contributed by atoms with Crippen molar-refractivity contribution in [3.05, 3.63) is 23.9 Å². The first-order valence-corrected chi connectivity index (χ1v) is 6.78.